The fourth-order valence-corrected chi connectivity index (χ4v) is 3.75. The molecule has 0 radical (unpaired) electrons. The number of hydrogen-bond acceptors (Lipinski definition) is 6. The number of halogens is 1. The summed E-state index contributed by atoms with van der Waals surface area (Å²) in [7, 11) is 0. The Labute approximate surface area is 183 Å². The molecular formula is C23H22FN7O. The Hall–Kier alpha value is -3.85. The van der Waals surface area contributed by atoms with Crippen LogP contribution in [-0.4, -0.2) is 41.2 Å². The van der Waals surface area contributed by atoms with E-state index in [2.05, 4.69) is 44.2 Å². The van der Waals surface area contributed by atoms with Crippen LogP contribution in [0.15, 0.2) is 55.1 Å². The summed E-state index contributed by atoms with van der Waals surface area (Å²) in [5.41, 5.74) is 3.78. The van der Waals surface area contributed by atoms with Crippen LogP contribution in [0.5, 0.6) is 0 Å². The topological polar surface area (TPSA) is 104 Å². The second-order valence-corrected chi connectivity index (χ2v) is 7.94. The van der Waals surface area contributed by atoms with E-state index in [1.807, 2.05) is 24.3 Å². The summed E-state index contributed by atoms with van der Waals surface area (Å²) in [6.07, 6.45) is 5.43. The predicted molar refractivity (Wildman–Crippen MR) is 120 cm³/mol. The standard InChI is InChI=1S/C23H22FN7O/c1-13(2)17-11-28-31-22(17)29-21(14-7-15(24)9-25-8-14)30-23(31)27-12-20(32)18-10-26-19-6-4-3-5-16(18)19/h3-11,13,20,26,32H,12H2,1-2H3,(H,27,29,30)/t20-/m0/s1. The molecule has 0 unspecified atom stereocenters. The van der Waals surface area contributed by atoms with E-state index in [1.165, 1.54) is 12.3 Å². The number of para-hydroxylation sites is 1. The molecule has 4 heterocycles. The van der Waals surface area contributed by atoms with E-state index in [4.69, 9.17) is 0 Å². The maximum atomic E-state index is 13.8. The van der Waals surface area contributed by atoms with Crippen LogP contribution in [0.1, 0.15) is 37.0 Å². The fraction of sp³-hybridized carbons (Fsp3) is 0.217. The molecule has 0 saturated carbocycles. The highest BCUT2D eigenvalue weighted by Crippen LogP contribution is 2.26. The predicted octanol–water partition coefficient (Wildman–Crippen LogP) is 4.08. The fourth-order valence-electron chi connectivity index (χ4n) is 3.75. The van der Waals surface area contributed by atoms with Crippen molar-refractivity contribution in [1.29, 1.82) is 0 Å². The van der Waals surface area contributed by atoms with Gasteiger partial charge in [0, 0.05) is 46.5 Å². The summed E-state index contributed by atoms with van der Waals surface area (Å²) in [5, 5.41) is 19.4. The summed E-state index contributed by atoms with van der Waals surface area (Å²) in [4.78, 5) is 16.3. The SMILES string of the molecule is CC(C)c1cnn2c(NC[C@H](O)c3c[nH]c4ccccc34)nc(-c3cncc(F)c3)nc12. The molecule has 5 aromatic rings. The van der Waals surface area contributed by atoms with E-state index in [-0.39, 0.29) is 12.5 Å². The molecule has 1 aromatic carbocycles. The molecule has 0 spiro atoms. The summed E-state index contributed by atoms with van der Waals surface area (Å²) in [6.45, 7) is 4.30. The average Bonchev–Trinajstić information content (AvgIpc) is 3.41. The first-order valence-corrected chi connectivity index (χ1v) is 10.4. The number of rotatable bonds is 6. The molecule has 4 aromatic heterocycles. The molecule has 8 nitrogen and oxygen atoms in total. The number of nitrogens with zero attached hydrogens (tertiary/aromatic N) is 5. The van der Waals surface area contributed by atoms with Crippen molar-refractivity contribution in [1.82, 2.24) is 29.5 Å². The van der Waals surface area contributed by atoms with E-state index < -0.39 is 11.9 Å². The minimum absolute atomic E-state index is 0.186. The molecule has 5 rings (SSSR count). The molecule has 162 valence electrons. The molecule has 3 N–H and O–H groups in total. The van der Waals surface area contributed by atoms with Gasteiger partial charge in [0.25, 0.3) is 0 Å². The van der Waals surface area contributed by atoms with Crippen LogP contribution in [0, 0.1) is 5.82 Å². The van der Waals surface area contributed by atoms with Crippen molar-refractivity contribution < 1.29 is 9.50 Å². The van der Waals surface area contributed by atoms with Gasteiger partial charge in [-0.25, -0.2) is 9.37 Å². The minimum atomic E-state index is -0.782. The van der Waals surface area contributed by atoms with Gasteiger partial charge >= 0.3 is 0 Å². The largest absolute Gasteiger partial charge is 0.386 e. The van der Waals surface area contributed by atoms with Crippen LogP contribution >= 0.6 is 0 Å². The number of aliphatic hydroxyl groups excluding tert-OH is 1. The highest BCUT2D eigenvalue weighted by molar-refractivity contribution is 5.83. The molecule has 0 bridgehead atoms. The van der Waals surface area contributed by atoms with E-state index in [9.17, 15) is 9.50 Å². The monoisotopic (exact) mass is 431 g/mol. The number of H-pyrrole nitrogens is 1. The van der Waals surface area contributed by atoms with Gasteiger partial charge in [0.2, 0.25) is 5.95 Å². The quantitative estimate of drug-likeness (QED) is 0.374. The summed E-state index contributed by atoms with van der Waals surface area (Å²) < 4.78 is 15.4. The highest BCUT2D eigenvalue weighted by Gasteiger charge is 2.18. The highest BCUT2D eigenvalue weighted by atomic mass is 19.1. The second kappa shape index (κ2) is 8.01. The zero-order valence-corrected chi connectivity index (χ0v) is 17.6. The van der Waals surface area contributed by atoms with Gasteiger partial charge in [-0.15, -0.1) is 0 Å². The lowest BCUT2D eigenvalue weighted by Crippen LogP contribution is -2.16. The number of aromatic nitrogens is 6. The molecule has 9 heteroatoms. The smallest absolute Gasteiger partial charge is 0.228 e. The molecule has 0 aliphatic heterocycles. The van der Waals surface area contributed by atoms with Crippen molar-refractivity contribution >= 4 is 22.5 Å². The third kappa shape index (κ3) is 3.56. The first-order valence-electron chi connectivity index (χ1n) is 10.4. The van der Waals surface area contributed by atoms with Crippen molar-refractivity contribution in [2.45, 2.75) is 25.9 Å². The maximum Gasteiger partial charge on any atom is 0.228 e. The van der Waals surface area contributed by atoms with Crippen LogP contribution in [0.4, 0.5) is 10.3 Å². The Morgan fingerprint density at radius 1 is 1.12 bits per heavy atom. The molecule has 1 atom stereocenters. The molecule has 0 amide bonds. The number of anilines is 1. The van der Waals surface area contributed by atoms with Crippen molar-refractivity contribution in [3.63, 3.8) is 0 Å². The first kappa shape index (κ1) is 20.1. The average molecular weight is 431 g/mol. The van der Waals surface area contributed by atoms with Crippen molar-refractivity contribution in [2.24, 2.45) is 0 Å². The Balaban J connectivity index is 1.52. The summed E-state index contributed by atoms with van der Waals surface area (Å²) in [5.74, 6) is 0.453. The van der Waals surface area contributed by atoms with E-state index in [0.29, 0.717) is 23.0 Å². The van der Waals surface area contributed by atoms with Gasteiger partial charge in [-0.2, -0.15) is 14.6 Å². The Kier molecular flexibility index (Phi) is 5.02. The Bertz CT molecular complexity index is 1410. The van der Waals surface area contributed by atoms with Gasteiger partial charge in [0.15, 0.2) is 11.5 Å². The Morgan fingerprint density at radius 3 is 2.78 bits per heavy atom. The lowest BCUT2D eigenvalue weighted by Gasteiger charge is -2.14. The molecule has 0 aliphatic rings. The van der Waals surface area contributed by atoms with Crippen LogP contribution in [0.2, 0.25) is 0 Å². The lowest BCUT2D eigenvalue weighted by atomic mass is 10.1. The molecule has 0 saturated heterocycles. The number of aromatic amines is 1. The van der Waals surface area contributed by atoms with Crippen molar-refractivity contribution in [3.05, 3.63) is 72.1 Å². The normalized spacial score (nSPS) is 12.7. The zero-order valence-electron chi connectivity index (χ0n) is 17.6. The maximum absolute atomic E-state index is 13.8. The van der Waals surface area contributed by atoms with Crippen molar-refractivity contribution in [3.8, 4) is 11.4 Å². The van der Waals surface area contributed by atoms with Gasteiger partial charge in [0.05, 0.1) is 18.5 Å². The number of benzene rings is 1. The molecule has 32 heavy (non-hydrogen) atoms. The molecule has 0 fully saturated rings. The van der Waals surface area contributed by atoms with E-state index >= 15 is 0 Å². The number of pyridine rings is 1. The van der Waals surface area contributed by atoms with Crippen LogP contribution in [0.3, 0.4) is 0 Å². The first-order chi connectivity index (χ1) is 15.5. The van der Waals surface area contributed by atoms with Crippen molar-refractivity contribution in [2.75, 3.05) is 11.9 Å². The lowest BCUT2D eigenvalue weighted by molar-refractivity contribution is 0.193. The summed E-state index contributed by atoms with van der Waals surface area (Å²) >= 11 is 0. The minimum Gasteiger partial charge on any atom is -0.386 e. The third-order valence-corrected chi connectivity index (χ3v) is 5.41. The Morgan fingerprint density at radius 2 is 1.97 bits per heavy atom. The van der Waals surface area contributed by atoms with Gasteiger partial charge < -0.3 is 15.4 Å². The number of hydrogen-bond donors (Lipinski definition) is 3. The van der Waals surface area contributed by atoms with Crippen LogP contribution in [-0.2, 0) is 0 Å². The van der Waals surface area contributed by atoms with Crippen LogP contribution < -0.4 is 5.32 Å². The number of aliphatic hydroxyl groups is 1. The third-order valence-electron chi connectivity index (χ3n) is 5.41. The van der Waals surface area contributed by atoms with Gasteiger partial charge in [-0.1, -0.05) is 32.0 Å². The number of nitrogens with one attached hydrogen (secondary N) is 2. The van der Waals surface area contributed by atoms with Crippen LogP contribution in [0.25, 0.3) is 27.9 Å². The van der Waals surface area contributed by atoms with E-state index in [1.54, 1.807) is 16.9 Å². The van der Waals surface area contributed by atoms with Gasteiger partial charge in [-0.05, 0) is 18.1 Å². The molecular weight excluding hydrogens is 409 g/mol. The zero-order chi connectivity index (χ0) is 22.2. The van der Waals surface area contributed by atoms with Gasteiger partial charge in [-0.3, -0.25) is 4.98 Å². The van der Waals surface area contributed by atoms with Gasteiger partial charge in [0.1, 0.15) is 5.82 Å². The summed E-state index contributed by atoms with van der Waals surface area (Å²) in [6, 6.07) is 9.14. The van der Waals surface area contributed by atoms with E-state index in [0.717, 1.165) is 28.2 Å². The molecule has 0 aliphatic carbocycles. The number of fused-ring (bicyclic) bond motifs is 2. The second-order valence-electron chi connectivity index (χ2n) is 7.94.